The number of carbonyl (C=O) groups excluding carboxylic acids is 1. The molecule has 6 aromatic carbocycles. The number of phenols is 4. The minimum absolute atomic E-state index is 0.00594. The molecule has 2 fully saturated rings. The fraction of sp³-hybridized carbons (Fsp3) is 0.573. The van der Waals surface area contributed by atoms with E-state index in [9.17, 15) is 25.2 Å². The summed E-state index contributed by atoms with van der Waals surface area (Å²) in [4.78, 5) is 27.5. The van der Waals surface area contributed by atoms with Gasteiger partial charge in [-0.05, 0) is 132 Å². The Balaban J connectivity index is 0.000000253. The van der Waals surface area contributed by atoms with Crippen LogP contribution >= 0.6 is 0 Å². The van der Waals surface area contributed by atoms with Crippen LogP contribution in [0.1, 0.15) is 165 Å². The van der Waals surface area contributed by atoms with Gasteiger partial charge in [0.05, 0.1) is 100 Å². The number of ether oxygens (including phenoxy) is 10. The average molecular weight is 1730 g/mol. The van der Waals surface area contributed by atoms with Gasteiger partial charge >= 0.3 is 0 Å². The topological polar surface area (TPSA) is 268 Å². The number of aldehydes is 1. The van der Waals surface area contributed by atoms with Crippen molar-refractivity contribution >= 4 is 29.0 Å². The van der Waals surface area contributed by atoms with E-state index >= 15 is 0 Å². The summed E-state index contributed by atoms with van der Waals surface area (Å²) < 4.78 is 72.7. The molecule has 8 unspecified atom stereocenters. The van der Waals surface area contributed by atoms with Gasteiger partial charge in [-0.1, -0.05) is 128 Å². The molecule has 123 heavy (non-hydrogen) atoms. The van der Waals surface area contributed by atoms with E-state index in [0.29, 0.717) is 191 Å². The maximum Gasteiger partial charge on any atom is 0.295 e. The molecule has 0 radical (unpaired) electrons. The van der Waals surface area contributed by atoms with Gasteiger partial charge in [0.25, 0.3) is 12.3 Å². The van der Waals surface area contributed by atoms with E-state index in [2.05, 4.69) is 116 Å². The molecule has 5 aliphatic heterocycles. The zero-order chi connectivity index (χ0) is 90.2. The molecule has 5 heterocycles. The van der Waals surface area contributed by atoms with Gasteiger partial charge in [0.2, 0.25) is 0 Å². The molecule has 11 rings (SSSR count). The van der Waals surface area contributed by atoms with Gasteiger partial charge in [-0.2, -0.15) is 0 Å². The van der Waals surface area contributed by atoms with E-state index in [1.165, 1.54) is 19.8 Å². The molecular formula is C96H140N8O17Si2. The highest BCUT2D eigenvalue weighted by molar-refractivity contribution is 6.75. The van der Waals surface area contributed by atoms with E-state index in [-0.39, 0.29) is 59.8 Å². The third-order valence-corrected chi connectivity index (χ3v) is 37.9. The summed E-state index contributed by atoms with van der Waals surface area (Å²) in [6, 6.07) is 18.6. The third kappa shape index (κ3) is 21.1. The number of nitrogens with one attached hydrogen (secondary N) is 1. The lowest BCUT2D eigenvalue weighted by atomic mass is 9.77. The Labute approximate surface area is 734 Å². The smallest absolute Gasteiger partial charge is 0.295 e. The SMILES string of the molecule is O=CCCc1ccccc1.[C-]#[N+]C(C1Cc2c(OC)c(C)c(OC)c(O)c2C(C(N)Cc2cc(O)c(OC)c(C)c2OC)N1C)N1CCO[C@@H](CCO[Si](C)(C(C)C)C(C)C)C1.[C-]#[N+]C(C1Cc2c(OC)c(C)c(OC)c(O)c2C(C2Cc3c(OC)c(C)c(OC)c(O)c3[C@H](/C=C/c3ccccc3)N2)N1C)N1CCO[C@@H](CCO[Si](C)(C(C)C)C(C)C)C1. The first kappa shape index (κ1) is 98.1. The highest BCUT2D eigenvalue weighted by Crippen LogP contribution is 2.57. The van der Waals surface area contributed by atoms with Crippen molar-refractivity contribution < 1.29 is 81.4 Å². The summed E-state index contributed by atoms with van der Waals surface area (Å²) in [6.07, 6.45) is 8.54. The average Bonchev–Trinajstić information content (AvgIpc) is 0.727. The summed E-state index contributed by atoms with van der Waals surface area (Å²) >= 11 is 0. The van der Waals surface area contributed by atoms with Gasteiger partial charge in [0.1, 0.15) is 41.4 Å². The molecule has 6 aromatic rings. The van der Waals surface area contributed by atoms with Crippen molar-refractivity contribution in [3.63, 3.8) is 0 Å². The number of hydrogen-bond acceptors (Lipinski definition) is 23. The number of methoxy groups -OCH3 is 8. The van der Waals surface area contributed by atoms with Crippen LogP contribution in [0.3, 0.4) is 0 Å². The first-order valence-electron chi connectivity index (χ1n) is 43.4. The molecule has 27 heteroatoms. The number of carbonyl (C=O) groups is 1. The lowest BCUT2D eigenvalue weighted by Gasteiger charge is -2.49. The molecule has 674 valence electrons. The predicted octanol–water partition coefficient (Wildman–Crippen LogP) is 16.1. The van der Waals surface area contributed by atoms with Crippen molar-refractivity contribution in [3.8, 4) is 69.0 Å². The summed E-state index contributed by atoms with van der Waals surface area (Å²) in [5, 5.41) is 50.7. The Kier molecular flexibility index (Phi) is 35.1. The van der Waals surface area contributed by atoms with Crippen LogP contribution in [0.4, 0.5) is 0 Å². The number of hydrogen-bond donors (Lipinski definition) is 6. The van der Waals surface area contributed by atoms with Crippen molar-refractivity contribution in [2.45, 2.75) is 237 Å². The van der Waals surface area contributed by atoms with Gasteiger partial charge in [0.15, 0.2) is 62.6 Å². The molecule has 0 bridgehead atoms. The predicted molar refractivity (Wildman–Crippen MR) is 489 cm³/mol. The van der Waals surface area contributed by atoms with Crippen molar-refractivity contribution in [2.24, 2.45) is 5.73 Å². The van der Waals surface area contributed by atoms with Crippen LogP contribution in [-0.4, -0.2) is 235 Å². The number of morpholine rings is 2. The first-order valence-corrected chi connectivity index (χ1v) is 48.5. The second-order valence-electron chi connectivity index (χ2n) is 34.9. The van der Waals surface area contributed by atoms with Crippen molar-refractivity contribution in [2.75, 3.05) is 124 Å². The molecule has 11 atom stereocenters. The van der Waals surface area contributed by atoms with Crippen LogP contribution in [0.15, 0.2) is 72.8 Å². The molecule has 2 saturated heterocycles. The Bertz CT molecular complexity index is 4620. The second-order valence-corrected chi connectivity index (χ2v) is 44.8. The first-order chi connectivity index (χ1) is 58.7. The van der Waals surface area contributed by atoms with Crippen molar-refractivity contribution in [1.82, 2.24) is 24.9 Å². The van der Waals surface area contributed by atoms with Crippen LogP contribution in [0, 0.1) is 40.8 Å². The highest BCUT2D eigenvalue weighted by atomic mass is 28.4. The van der Waals surface area contributed by atoms with E-state index in [0.717, 1.165) is 47.8 Å². The summed E-state index contributed by atoms with van der Waals surface area (Å²) in [7, 11) is 12.8. The molecule has 25 nitrogen and oxygen atoms in total. The van der Waals surface area contributed by atoms with Crippen LogP contribution in [0.2, 0.25) is 35.3 Å². The number of aromatic hydroxyl groups is 4. The van der Waals surface area contributed by atoms with Crippen LogP contribution in [0.5, 0.6) is 69.0 Å². The molecule has 7 N–H and O–H groups in total. The van der Waals surface area contributed by atoms with Crippen molar-refractivity contribution in [3.05, 3.63) is 168 Å². The molecule has 0 aliphatic carbocycles. The number of rotatable bonds is 33. The van der Waals surface area contributed by atoms with Crippen LogP contribution in [0.25, 0.3) is 15.8 Å². The van der Waals surface area contributed by atoms with Crippen molar-refractivity contribution in [1.29, 1.82) is 0 Å². The third-order valence-electron chi connectivity index (χ3n) is 27.1. The Hall–Kier alpha value is -8.66. The summed E-state index contributed by atoms with van der Waals surface area (Å²) in [6.45, 7) is 52.3. The Morgan fingerprint density at radius 2 is 0.959 bits per heavy atom. The lowest BCUT2D eigenvalue weighted by Crippen LogP contribution is -2.60. The number of phenolic OH excluding ortho intramolecular Hbond substituents is 4. The number of benzene rings is 6. The molecular weight excluding hydrogens is 1590 g/mol. The van der Waals surface area contributed by atoms with Gasteiger partial charge in [-0.3, -0.25) is 19.5 Å². The minimum atomic E-state index is -1.92. The van der Waals surface area contributed by atoms with E-state index in [1.807, 2.05) is 101 Å². The fourth-order valence-corrected chi connectivity index (χ4v) is 24.6. The van der Waals surface area contributed by atoms with Crippen LogP contribution < -0.4 is 48.9 Å². The normalized spacial score (nSPS) is 21.0. The van der Waals surface area contributed by atoms with Crippen LogP contribution in [-0.2, 0) is 55.2 Å². The largest absolute Gasteiger partial charge is 0.504 e. The monoisotopic (exact) mass is 1730 g/mol. The van der Waals surface area contributed by atoms with Gasteiger partial charge in [0, 0.05) is 126 Å². The minimum Gasteiger partial charge on any atom is -0.504 e. The van der Waals surface area contributed by atoms with Gasteiger partial charge in [-0.25, -0.2) is 22.9 Å². The maximum absolute atomic E-state index is 12.3. The zero-order valence-electron chi connectivity index (χ0n) is 77.4. The standard InChI is InChI=1S/C48H68N4O8Si.C39H62N4O8Si.C9H10O/c1-28(2)61(13,29(3)4)60-23-21-33-27-52(22-24-59-33)48(49-7)38-26-35-40(43(54)47(58-12)31(6)45(35)56-10)41(51(38)8)37-25-34-39(42(53)46(57-11)30(5)44(34)55-9)36(50-37)20-19-32-17-15-14-16-18-32;1-22(2)52(13,23(3)4)51-16-14-27-21-43(15-17-50-27)39(41-7)30-20-28-32(34(45)38(49-12)25(6)36(28)47-10)33(42(30)8)29(40)18-26-19-31(44)37(48-11)24(5)35(26)46-9;10-8-4-7-9-5-2-1-3-6-9/h14-20,28-29,33,36-38,41,48,50,53-54H,21-27H2,1-6,8-13H3;19,22-23,27,29-30,33,39,44-45H,14-18,20-21,40H2,1-6,8-13H3;1-3,5-6,8H,4,7H2/b20-19+;;/t33-,36-,37?,38?,41?,48?;27-,29?,30?,33?,39?;/m00./s1. The number of nitrogens with two attached hydrogens (primary N) is 1. The summed E-state index contributed by atoms with van der Waals surface area (Å²) in [5.74, 6) is 3.94. The molecule has 0 amide bonds. The molecule has 0 aromatic heterocycles. The number of fused-ring (bicyclic) bond motifs is 3. The molecule has 0 spiro atoms. The summed E-state index contributed by atoms with van der Waals surface area (Å²) in [5.41, 5.74) is 19.4. The molecule has 5 aliphatic rings. The van der Waals surface area contributed by atoms with E-state index in [4.69, 9.17) is 75.1 Å². The number of likely N-dealkylation sites (N-methyl/N-ethyl adjacent to an activating group) is 2. The van der Waals surface area contributed by atoms with Gasteiger partial charge < -0.3 is 92.5 Å². The molecule has 0 saturated carbocycles. The Morgan fingerprint density at radius 1 is 0.553 bits per heavy atom. The number of nitrogens with zero attached hydrogens (tertiary/aromatic N) is 6. The van der Waals surface area contributed by atoms with E-state index < -0.39 is 53.1 Å². The fourth-order valence-electron chi connectivity index (χ4n) is 19.4. The lowest BCUT2D eigenvalue weighted by molar-refractivity contribution is -0.107. The number of aryl methyl sites for hydroxylation is 1. The van der Waals surface area contributed by atoms with E-state index in [1.54, 1.807) is 48.7 Å². The maximum atomic E-state index is 12.3. The quantitative estimate of drug-likeness (QED) is 0.0127. The Morgan fingerprint density at radius 3 is 1.39 bits per heavy atom. The second kappa shape index (κ2) is 44.0. The zero-order valence-corrected chi connectivity index (χ0v) is 79.4. The highest BCUT2D eigenvalue weighted by Gasteiger charge is 2.53. The van der Waals surface area contributed by atoms with Gasteiger partial charge in [-0.15, -0.1) is 0 Å².